The second-order valence-corrected chi connectivity index (χ2v) is 5.34. The highest BCUT2D eigenvalue weighted by Crippen LogP contribution is 2.32. The summed E-state index contributed by atoms with van der Waals surface area (Å²) in [5, 5.41) is 7.37. The van der Waals surface area contributed by atoms with Crippen molar-refractivity contribution in [2.75, 3.05) is 10.6 Å². The average Bonchev–Trinajstić information content (AvgIpc) is 2.94. The van der Waals surface area contributed by atoms with Gasteiger partial charge < -0.3 is 15.4 Å². The molecule has 1 aromatic carbocycles. The fraction of sp³-hybridized carbons (Fsp3) is 0.143. The van der Waals surface area contributed by atoms with E-state index in [2.05, 4.69) is 10.6 Å². The third kappa shape index (κ3) is 2.37. The van der Waals surface area contributed by atoms with Crippen LogP contribution in [0, 0.1) is 0 Å². The van der Waals surface area contributed by atoms with Crippen LogP contribution in [0.4, 0.5) is 11.4 Å². The quantitative estimate of drug-likeness (QED) is 0.893. The van der Waals surface area contributed by atoms with Crippen LogP contribution in [0.1, 0.15) is 16.6 Å². The minimum absolute atomic E-state index is 0.170. The number of fused-ring (bicyclic) bond motifs is 1. The molecule has 5 nitrogen and oxygen atoms in total. The molecule has 2 N–H and O–H groups in total. The normalized spacial score (nSPS) is 16.9. The standard InChI is InChI=1S/C14H12N2O3S/c1-8-13(17)16-10-7-9(4-5-11(10)19-8)15-14(18)12-3-2-6-20-12/h2-8H,1H3,(H,15,18)(H,16,17)/t8-/m1/s1. The molecule has 2 heterocycles. The van der Waals surface area contributed by atoms with Gasteiger partial charge in [0.2, 0.25) is 0 Å². The summed E-state index contributed by atoms with van der Waals surface area (Å²) in [6, 6.07) is 8.74. The number of nitrogens with one attached hydrogen (secondary N) is 2. The summed E-state index contributed by atoms with van der Waals surface area (Å²) in [5.41, 5.74) is 1.18. The van der Waals surface area contributed by atoms with Gasteiger partial charge in [-0.2, -0.15) is 0 Å². The first-order valence-electron chi connectivity index (χ1n) is 6.10. The Morgan fingerprint density at radius 3 is 3.00 bits per heavy atom. The Balaban J connectivity index is 1.81. The summed E-state index contributed by atoms with van der Waals surface area (Å²) in [5.74, 6) is 0.238. The van der Waals surface area contributed by atoms with Crippen LogP contribution >= 0.6 is 11.3 Å². The zero-order chi connectivity index (χ0) is 14.1. The largest absolute Gasteiger partial charge is 0.479 e. The first-order valence-corrected chi connectivity index (χ1v) is 6.98. The molecule has 1 aromatic heterocycles. The lowest BCUT2D eigenvalue weighted by Gasteiger charge is -2.23. The van der Waals surface area contributed by atoms with E-state index in [9.17, 15) is 9.59 Å². The molecule has 1 atom stereocenters. The van der Waals surface area contributed by atoms with E-state index in [1.54, 1.807) is 31.2 Å². The van der Waals surface area contributed by atoms with Gasteiger partial charge in [-0.3, -0.25) is 9.59 Å². The number of hydrogen-bond acceptors (Lipinski definition) is 4. The number of ether oxygens (including phenoxy) is 1. The van der Waals surface area contributed by atoms with E-state index < -0.39 is 6.10 Å². The van der Waals surface area contributed by atoms with Crippen LogP contribution in [0.3, 0.4) is 0 Å². The lowest BCUT2D eigenvalue weighted by molar-refractivity contribution is -0.122. The maximum Gasteiger partial charge on any atom is 0.265 e. The highest BCUT2D eigenvalue weighted by Gasteiger charge is 2.23. The predicted molar refractivity (Wildman–Crippen MR) is 77.4 cm³/mol. The number of anilines is 2. The number of rotatable bonds is 2. The molecular weight excluding hydrogens is 276 g/mol. The monoisotopic (exact) mass is 288 g/mol. The zero-order valence-electron chi connectivity index (χ0n) is 10.7. The third-order valence-electron chi connectivity index (χ3n) is 2.91. The van der Waals surface area contributed by atoms with E-state index in [1.807, 2.05) is 11.4 Å². The van der Waals surface area contributed by atoms with Crippen LogP contribution in [-0.2, 0) is 4.79 Å². The third-order valence-corrected chi connectivity index (χ3v) is 3.78. The summed E-state index contributed by atoms with van der Waals surface area (Å²) in [4.78, 5) is 24.1. The Bertz CT molecular complexity index is 667. The van der Waals surface area contributed by atoms with E-state index in [-0.39, 0.29) is 11.8 Å². The van der Waals surface area contributed by atoms with Crippen molar-refractivity contribution in [2.24, 2.45) is 0 Å². The average molecular weight is 288 g/mol. The van der Waals surface area contributed by atoms with Crippen LogP contribution in [0.15, 0.2) is 35.7 Å². The molecule has 0 radical (unpaired) electrons. The predicted octanol–water partition coefficient (Wildman–Crippen LogP) is 2.72. The number of carbonyl (C=O) groups excluding carboxylic acids is 2. The van der Waals surface area contributed by atoms with Crippen LogP contribution in [0.2, 0.25) is 0 Å². The number of carbonyl (C=O) groups is 2. The molecule has 0 fully saturated rings. The van der Waals surface area contributed by atoms with Crippen molar-refractivity contribution in [3.05, 3.63) is 40.6 Å². The molecule has 2 aromatic rings. The van der Waals surface area contributed by atoms with Gasteiger partial charge in [-0.1, -0.05) is 6.07 Å². The molecule has 2 amide bonds. The Morgan fingerprint density at radius 2 is 2.25 bits per heavy atom. The molecule has 0 aliphatic carbocycles. The minimum Gasteiger partial charge on any atom is -0.479 e. The topological polar surface area (TPSA) is 67.4 Å². The van der Waals surface area contributed by atoms with Crippen molar-refractivity contribution in [3.63, 3.8) is 0 Å². The maximum absolute atomic E-state index is 11.9. The molecule has 0 spiro atoms. The maximum atomic E-state index is 11.9. The molecule has 0 saturated carbocycles. The van der Waals surface area contributed by atoms with Gasteiger partial charge in [-0.25, -0.2) is 0 Å². The first-order chi connectivity index (χ1) is 9.63. The van der Waals surface area contributed by atoms with Gasteiger partial charge in [0.1, 0.15) is 5.75 Å². The highest BCUT2D eigenvalue weighted by atomic mass is 32.1. The Morgan fingerprint density at radius 1 is 1.40 bits per heavy atom. The second-order valence-electron chi connectivity index (χ2n) is 4.39. The van der Waals surface area contributed by atoms with Crippen LogP contribution in [0.5, 0.6) is 5.75 Å². The fourth-order valence-corrected chi connectivity index (χ4v) is 2.51. The van der Waals surface area contributed by atoms with Gasteiger partial charge in [-0.05, 0) is 36.6 Å². The van der Waals surface area contributed by atoms with Gasteiger partial charge >= 0.3 is 0 Å². The summed E-state index contributed by atoms with van der Waals surface area (Å²) >= 11 is 1.37. The number of amides is 2. The van der Waals surface area contributed by atoms with Gasteiger partial charge in [0.05, 0.1) is 10.6 Å². The number of benzene rings is 1. The lowest BCUT2D eigenvalue weighted by Crippen LogP contribution is -2.34. The first kappa shape index (κ1) is 12.7. The molecule has 1 aliphatic rings. The molecule has 0 saturated heterocycles. The van der Waals surface area contributed by atoms with Crippen molar-refractivity contribution in [2.45, 2.75) is 13.0 Å². The molecule has 0 bridgehead atoms. The van der Waals surface area contributed by atoms with E-state index >= 15 is 0 Å². The lowest BCUT2D eigenvalue weighted by atomic mass is 10.2. The molecule has 20 heavy (non-hydrogen) atoms. The summed E-state index contributed by atoms with van der Waals surface area (Å²) in [6.07, 6.45) is -0.506. The molecule has 102 valence electrons. The highest BCUT2D eigenvalue weighted by molar-refractivity contribution is 7.12. The SMILES string of the molecule is C[C@H]1Oc2ccc(NC(=O)c3cccs3)cc2NC1=O. The zero-order valence-corrected chi connectivity index (χ0v) is 11.5. The van der Waals surface area contributed by atoms with Gasteiger partial charge in [0.15, 0.2) is 6.10 Å². The summed E-state index contributed by atoms with van der Waals surface area (Å²) in [6.45, 7) is 1.69. The van der Waals surface area contributed by atoms with Crippen LogP contribution < -0.4 is 15.4 Å². The Kier molecular flexibility index (Phi) is 3.15. The molecule has 6 heteroatoms. The van der Waals surface area contributed by atoms with Crippen molar-refractivity contribution in [1.82, 2.24) is 0 Å². The molecule has 1 aliphatic heterocycles. The summed E-state index contributed by atoms with van der Waals surface area (Å²) < 4.78 is 5.45. The number of hydrogen-bond donors (Lipinski definition) is 2. The fourth-order valence-electron chi connectivity index (χ4n) is 1.89. The van der Waals surface area contributed by atoms with Gasteiger partial charge in [-0.15, -0.1) is 11.3 Å². The smallest absolute Gasteiger partial charge is 0.265 e. The van der Waals surface area contributed by atoms with Crippen LogP contribution in [0.25, 0.3) is 0 Å². The minimum atomic E-state index is -0.506. The van der Waals surface area contributed by atoms with E-state index in [4.69, 9.17) is 4.74 Å². The van der Waals surface area contributed by atoms with Crippen molar-refractivity contribution >= 4 is 34.5 Å². The van der Waals surface area contributed by atoms with Crippen molar-refractivity contribution in [1.29, 1.82) is 0 Å². The second kappa shape index (κ2) is 4.97. The van der Waals surface area contributed by atoms with E-state index in [1.165, 1.54) is 11.3 Å². The van der Waals surface area contributed by atoms with E-state index in [0.717, 1.165) is 0 Å². The van der Waals surface area contributed by atoms with Crippen molar-refractivity contribution < 1.29 is 14.3 Å². The Labute approximate surface area is 119 Å². The summed E-state index contributed by atoms with van der Waals surface area (Å²) in [7, 11) is 0. The Hall–Kier alpha value is -2.34. The van der Waals surface area contributed by atoms with Crippen LogP contribution in [-0.4, -0.2) is 17.9 Å². The van der Waals surface area contributed by atoms with E-state index in [0.29, 0.717) is 22.0 Å². The van der Waals surface area contributed by atoms with Gasteiger partial charge in [0, 0.05) is 5.69 Å². The molecule has 0 unspecified atom stereocenters. The molecule has 3 rings (SSSR count). The molecular formula is C14H12N2O3S. The van der Waals surface area contributed by atoms with Crippen molar-refractivity contribution in [3.8, 4) is 5.75 Å². The van der Waals surface area contributed by atoms with Gasteiger partial charge in [0.25, 0.3) is 11.8 Å². The number of thiophene rings is 1.